The number of thiazole rings is 1. The van der Waals surface area contributed by atoms with Crippen LogP contribution in [-0.2, 0) is 85.3 Å². The first-order chi connectivity index (χ1) is 39.6. The van der Waals surface area contributed by atoms with E-state index < -0.39 is 0 Å². The largest absolute Gasteiger partial charge is 0.394 e. The highest BCUT2D eigenvalue weighted by Crippen LogP contribution is 2.32. The van der Waals surface area contributed by atoms with Gasteiger partial charge in [-0.05, 0) is 49.2 Å². The monoisotopic (exact) mass is 1160 g/mol. The van der Waals surface area contributed by atoms with Gasteiger partial charge in [-0.25, -0.2) is 4.98 Å². The van der Waals surface area contributed by atoms with Gasteiger partial charge in [0.2, 0.25) is 5.13 Å². The van der Waals surface area contributed by atoms with Crippen LogP contribution in [0.5, 0.6) is 0 Å². The lowest BCUT2D eigenvalue weighted by molar-refractivity contribution is -0.0255. The number of anilines is 1. The molecular formula is C55H94N4O20S. The highest BCUT2D eigenvalue weighted by Gasteiger charge is 2.11. The molecule has 2 aromatic carbocycles. The molecule has 0 unspecified atom stereocenters. The van der Waals surface area contributed by atoms with Crippen molar-refractivity contribution in [2.24, 2.45) is 10.2 Å². The van der Waals surface area contributed by atoms with E-state index in [0.29, 0.717) is 256 Å². The summed E-state index contributed by atoms with van der Waals surface area (Å²) < 4.78 is 101. The quantitative estimate of drug-likeness (QED) is 0.0587. The van der Waals surface area contributed by atoms with E-state index >= 15 is 0 Å². The van der Waals surface area contributed by atoms with Crippen molar-refractivity contribution in [2.45, 2.75) is 13.8 Å². The van der Waals surface area contributed by atoms with Gasteiger partial charge >= 0.3 is 0 Å². The summed E-state index contributed by atoms with van der Waals surface area (Å²) >= 11 is 1.52. The Morgan fingerprint density at radius 2 is 0.662 bits per heavy atom. The molecule has 80 heavy (non-hydrogen) atoms. The zero-order chi connectivity index (χ0) is 56.7. The van der Waals surface area contributed by atoms with Gasteiger partial charge < -0.3 is 100 Å². The van der Waals surface area contributed by atoms with Crippen molar-refractivity contribution in [3.05, 3.63) is 47.5 Å². The molecule has 0 aliphatic heterocycles. The predicted molar refractivity (Wildman–Crippen MR) is 301 cm³/mol. The van der Waals surface area contributed by atoms with E-state index in [4.69, 9.17) is 95.5 Å². The molecular weight excluding hydrogens is 1070 g/mol. The molecule has 2 N–H and O–H groups in total. The summed E-state index contributed by atoms with van der Waals surface area (Å²) in [6.07, 6.45) is 0. The molecule has 0 bridgehead atoms. The van der Waals surface area contributed by atoms with Gasteiger partial charge in [-0.1, -0.05) is 23.5 Å². The van der Waals surface area contributed by atoms with E-state index in [1.54, 1.807) is 0 Å². The molecule has 0 amide bonds. The lowest BCUT2D eigenvalue weighted by atomic mass is 10.1. The standard InChI is InChI=1S/C55H94N4O20S/c1-49-4-3-5-53-54(49)56-55(80-53)58-57-52-7-6-51(48-50(52)2)59(8-12-62-16-20-66-24-28-70-32-36-74-40-44-78-46-42-76-38-34-72-30-26-68-22-18-64-14-10-60)9-13-63-17-21-67-25-29-71-33-37-75-41-45-79-47-43-77-39-35-73-31-27-69-23-19-65-15-11-61/h3-7,48,60-61H,8-47H2,1-2H3. The van der Waals surface area contributed by atoms with Gasteiger partial charge in [0.15, 0.2) is 0 Å². The molecule has 0 aliphatic rings. The SMILES string of the molecule is Cc1cc(N(CCOCCOCCOCCOCCOCCOCCOCCOCCOCCO)CCOCCOCCOCCOCCOCCOCCOCCOCCOCCO)ccc1N=Nc1nc2c(C)cccc2s1. The fourth-order valence-corrected chi connectivity index (χ4v) is 7.60. The maximum atomic E-state index is 8.65. The molecule has 0 aliphatic carbocycles. The molecule has 460 valence electrons. The number of azo groups is 1. The van der Waals surface area contributed by atoms with Crippen molar-refractivity contribution in [3.63, 3.8) is 0 Å². The number of aliphatic hydroxyl groups is 2. The number of nitrogens with zero attached hydrogens (tertiary/aromatic N) is 4. The Morgan fingerprint density at radius 3 is 0.950 bits per heavy atom. The lowest BCUT2D eigenvalue weighted by Crippen LogP contribution is -2.31. The van der Waals surface area contributed by atoms with Crippen LogP contribution < -0.4 is 4.90 Å². The number of fused-ring (bicyclic) bond motifs is 1. The number of aromatic nitrogens is 1. The molecule has 1 heterocycles. The topological polar surface area (TPSA) is 247 Å². The van der Waals surface area contributed by atoms with Crippen LogP contribution in [0.1, 0.15) is 11.1 Å². The second kappa shape index (κ2) is 53.9. The summed E-state index contributed by atoms with van der Waals surface area (Å²) in [7, 11) is 0. The van der Waals surface area contributed by atoms with Crippen molar-refractivity contribution < 1.29 is 95.5 Å². The summed E-state index contributed by atoms with van der Waals surface area (Å²) in [4.78, 5) is 6.91. The summed E-state index contributed by atoms with van der Waals surface area (Å²) in [5.41, 5.74) is 4.87. The minimum absolute atomic E-state index is 0.0136. The van der Waals surface area contributed by atoms with Crippen molar-refractivity contribution >= 4 is 38.1 Å². The third-order valence-corrected chi connectivity index (χ3v) is 11.7. The summed E-state index contributed by atoms with van der Waals surface area (Å²) in [6, 6.07) is 12.3. The first-order valence-corrected chi connectivity index (χ1v) is 28.7. The summed E-state index contributed by atoms with van der Waals surface area (Å²) in [6.45, 7) is 22.2. The Kier molecular flexibility index (Phi) is 48.0. The number of hydrogen-bond donors (Lipinski definition) is 2. The fourth-order valence-electron chi connectivity index (χ4n) is 6.73. The number of aliphatic hydroxyl groups excluding tert-OH is 2. The average molecular weight is 1160 g/mol. The van der Waals surface area contributed by atoms with Crippen LogP contribution in [0.4, 0.5) is 16.5 Å². The second-order valence-electron chi connectivity index (χ2n) is 17.0. The van der Waals surface area contributed by atoms with E-state index in [0.717, 1.165) is 32.7 Å². The Balaban J connectivity index is 1.18. The zero-order valence-electron chi connectivity index (χ0n) is 47.7. The Hall–Kier alpha value is -3.07. The fraction of sp³-hybridized carbons (Fsp3) is 0.764. The number of rotatable bonds is 61. The molecule has 0 fully saturated rings. The molecule has 3 rings (SSSR count). The van der Waals surface area contributed by atoms with E-state index in [1.807, 2.05) is 38.1 Å². The number of benzene rings is 2. The van der Waals surface area contributed by atoms with Gasteiger partial charge in [-0.3, -0.25) is 0 Å². The zero-order valence-corrected chi connectivity index (χ0v) is 48.5. The maximum Gasteiger partial charge on any atom is 0.231 e. The predicted octanol–water partition coefficient (Wildman–Crippen LogP) is 4.42. The summed E-state index contributed by atoms with van der Waals surface area (Å²) in [5, 5.41) is 27.0. The number of para-hydroxylation sites is 1. The van der Waals surface area contributed by atoms with Gasteiger partial charge in [0.1, 0.15) is 0 Å². The van der Waals surface area contributed by atoms with Crippen molar-refractivity contribution in [3.8, 4) is 0 Å². The minimum atomic E-state index is 0.0136. The molecule has 25 heteroatoms. The van der Waals surface area contributed by atoms with Crippen molar-refractivity contribution in [1.82, 2.24) is 4.98 Å². The molecule has 0 radical (unpaired) electrons. The number of ether oxygens (including phenoxy) is 18. The average Bonchev–Trinajstić information content (AvgIpc) is 3.90. The highest BCUT2D eigenvalue weighted by atomic mass is 32.1. The normalized spacial score (nSPS) is 11.8. The first kappa shape index (κ1) is 71.2. The smallest absolute Gasteiger partial charge is 0.231 e. The second-order valence-corrected chi connectivity index (χ2v) is 18.1. The van der Waals surface area contributed by atoms with Crippen molar-refractivity contribution in [2.75, 3.05) is 269 Å². The third kappa shape index (κ3) is 40.2. The van der Waals surface area contributed by atoms with Crippen LogP contribution >= 0.6 is 11.3 Å². The Morgan fingerprint density at radius 1 is 0.362 bits per heavy atom. The van der Waals surface area contributed by atoms with Crippen LogP contribution in [0.3, 0.4) is 0 Å². The van der Waals surface area contributed by atoms with Gasteiger partial charge in [0.25, 0.3) is 0 Å². The molecule has 0 saturated carbocycles. The highest BCUT2D eigenvalue weighted by molar-refractivity contribution is 7.21. The van der Waals surface area contributed by atoms with Crippen LogP contribution in [0, 0.1) is 13.8 Å². The maximum absolute atomic E-state index is 8.65. The van der Waals surface area contributed by atoms with Crippen LogP contribution in [0.25, 0.3) is 10.2 Å². The Bertz CT molecular complexity index is 1800. The molecule has 24 nitrogen and oxygen atoms in total. The van der Waals surface area contributed by atoms with E-state index in [9.17, 15) is 0 Å². The van der Waals surface area contributed by atoms with Gasteiger partial charge in [-0.15, -0.1) is 10.2 Å². The van der Waals surface area contributed by atoms with Crippen LogP contribution in [0.2, 0.25) is 0 Å². The summed E-state index contributed by atoms with van der Waals surface area (Å²) in [5.74, 6) is 0. The van der Waals surface area contributed by atoms with Gasteiger partial charge in [-0.2, -0.15) is 0 Å². The minimum Gasteiger partial charge on any atom is -0.394 e. The van der Waals surface area contributed by atoms with Crippen LogP contribution in [0.15, 0.2) is 46.6 Å². The molecule has 0 saturated heterocycles. The van der Waals surface area contributed by atoms with Crippen molar-refractivity contribution in [1.29, 1.82) is 0 Å². The molecule has 0 atom stereocenters. The number of aryl methyl sites for hydroxylation is 2. The number of hydrogen-bond acceptors (Lipinski definition) is 25. The first-order valence-electron chi connectivity index (χ1n) is 27.9. The third-order valence-electron chi connectivity index (χ3n) is 10.8. The van der Waals surface area contributed by atoms with Gasteiger partial charge in [0.05, 0.1) is 267 Å². The van der Waals surface area contributed by atoms with E-state index in [1.165, 1.54) is 11.3 Å². The van der Waals surface area contributed by atoms with E-state index in [-0.39, 0.29) is 13.2 Å². The molecule has 3 aromatic rings. The van der Waals surface area contributed by atoms with Crippen LogP contribution in [-0.4, -0.2) is 279 Å². The lowest BCUT2D eigenvalue weighted by Gasteiger charge is -2.25. The molecule has 0 spiro atoms. The van der Waals surface area contributed by atoms with Gasteiger partial charge in [0, 0.05) is 18.8 Å². The Labute approximate surface area is 477 Å². The van der Waals surface area contributed by atoms with E-state index in [2.05, 4.69) is 32.2 Å². The molecule has 1 aromatic heterocycles.